The summed E-state index contributed by atoms with van der Waals surface area (Å²) >= 11 is 0. The second-order valence-electron chi connectivity index (χ2n) is 20.1. The maximum absolute atomic E-state index is 12.6. The van der Waals surface area contributed by atoms with E-state index in [0.717, 1.165) is 114 Å². The summed E-state index contributed by atoms with van der Waals surface area (Å²) < 4.78 is 23.5. The van der Waals surface area contributed by atoms with Crippen LogP contribution in [-0.4, -0.2) is 146 Å². The van der Waals surface area contributed by atoms with Gasteiger partial charge in [0.05, 0.1) is 24.3 Å². The van der Waals surface area contributed by atoms with E-state index < -0.39 is 0 Å². The van der Waals surface area contributed by atoms with Crippen LogP contribution in [0.3, 0.4) is 0 Å². The van der Waals surface area contributed by atoms with Crippen LogP contribution in [0.4, 0.5) is 0 Å². The number of rotatable bonds is 12. The molecule has 316 valence electrons. The van der Waals surface area contributed by atoms with E-state index in [1.807, 2.05) is 0 Å². The highest BCUT2D eigenvalue weighted by atomic mass is 16.5. The number of likely N-dealkylation sites (tertiary alicyclic amines) is 2. The maximum atomic E-state index is 12.6. The Kier molecular flexibility index (Phi) is 13.6. The van der Waals surface area contributed by atoms with Crippen LogP contribution in [0.5, 0.6) is 0 Å². The highest BCUT2D eigenvalue weighted by molar-refractivity contribution is 5.79. The zero-order valence-corrected chi connectivity index (χ0v) is 34.8. The molecule has 10 aliphatic rings. The summed E-state index contributed by atoms with van der Waals surface area (Å²) in [6.07, 6.45) is 28.5. The Hall–Kier alpha value is -1.30. The van der Waals surface area contributed by atoms with Crippen LogP contribution in [0, 0.1) is 23.7 Å². The van der Waals surface area contributed by atoms with Crippen LogP contribution >= 0.6 is 0 Å². The van der Waals surface area contributed by atoms with Gasteiger partial charge < -0.3 is 38.5 Å². The molecule has 6 saturated carbocycles. The average Bonchev–Trinajstić information content (AvgIpc) is 4.15. The molecule has 10 fully saturated rings. The first-order chi connectivity index (χ1) is 27.6. The summed E-state index contributed by atoms with van der Waals surface area (Å²) in [6.45, 7) is 9.30. The normalized spacial score (nSPS) is 38.0. The summed E-state index contributed by atoms with van der Waals surface area (Å²) in [4.78, 5) is 35.1. The highest BCUT2D eigenvalue weighted by Crippen LogP contribution is 2.38. The predicted molar refractivity (Wildman–Crippen MR) is 216 cm³/mol. The lowest BCUT2D eigenvalue weighted by Gasteiger charge is -2.47. The van der Waals surface area contributed by atoms with Gasteiger partial charge >= 0.3 is 0 Å². The van der Waals surface area contributed by atoms with Gasteiger partial charge in [0.1, 0.15) is 13.2 Å². The standard InChI is InChI=1S/2C23H38N2O3/c2*26-23-16-28-22-3-1-2-21(22)25(23)20-10-12-24(13-11-20)19-8-6-18(7-9-19)15-27-14-17-4-5-17/h2*17-22H,1-16H2. The second-order valence-corrected chi connectivity index (χ2v) is 20.1. The Morgan fingerprint density at radius 1 is 0.411 bits per heavy atom. The molecule has 4 aliphatic heterocycles. The van der Waals surface area contributed by atoms with E-state index >= 15 is 0 Å². The molecule has 4 saturated heterocycles. The Labute approximate surface area is 338 Å². The first-order valence-electron chi connectivity index (χ1n) is 24.0. The summed E-state index contributed by atoms with van der Waals surface area (Å²) in [6, 6.07) is 3.16. The number of morpholine rings is 2. The molecular formula is C46H76N4O6. The lowest BCUT2D eigenvalue weighted by Crippen LogP contribution is -2.59. The third-order valence-electron chi connectivity index (χ3n) is 16.2. The van der Waals surface area contributed by atoms with Gasteiger partial charge in [-0.2, -0.15) is 0 Å². The van der Waals surface area contributed by atoms with Gasteiger partial charge in [-0.3, -0.25) is 9.59 Å². The third-order valence-corrected chi connectivity index (χ3v) is 16.2. The molecular weight excluding hydrogens is 705 g/mol. The molecule has 4 unspecified atom stereocenters. The zero-order valence-electron chi connectivity index (χ0n) is 34.8. The van der Waals surface area contributed by atoms with Crippen molar-refractivity contribution in [2.24, 2.45) is 23.7 Å². The van der Waals surface area contributed by atoms with Crippen molar-refractivity contribution in [3.8, 4) is 0 Å². The van der Waals surface area contributed by atoms with Crippen molar-refractivity contribution in [2.75, 3.05) is 65.8 Å². The quantitative estimate of drug-likeness (QED) is 0.224. The summed E-state index contributed by atoms with van der Waals surface area (Å²) in [5, 5.41) is 0. The Balaban J connectivity index is 0.000000146. The van der Waals surface area contributed by atoms with E-state index in [4.69, 9.17) is 18.9 Å². The molecule has 4 atom stereocenters. The third kappa shape index (κ3) is 10.00. The number of hydrogen-bond acceptors (Lipinski definition) is 8. The molecule has 2 amide bonds. The first-order valence-corrected chi connectivity index (χ1v) is 24.0. The number of fused-ring (bicyclic) bond motifs is 2. The Bertz CT molecular complexity index is 1170. The van der Waals surface area contributed by atoms with E-state index in [0.29, 0.717) is 49.6 Å². The molecule has 0 aromatic carbocycles. The van der Waals surface area contributed by atoms with Gasteiger partial charge in [-0.15, -0.1) is 0 Å². The lowest BCUT2D eigenvalue weighted by molar-refractivity contribution is -0.161. The Morgan fingerprint density at radius 2 is 0.750 bits per heavy atom. The molecule has 0 bridgehead atoms. The molecule has 10 heteroatoms. The minimum atomic E-state index is 0.244. The molecule has 56 heavy (non-hydrogen) atoms. The largest absolute Gasteiger partial charge is 0.381 e. The van der Waals surface area contributed by atoms with Crippen LogP contribution in [0.15, 0.2) is 0 Å². The molecule has 0 radical (unpaired) electrons. The number of nitrogens with zero attached hydrogens (tertiary/aromatic N) is 4. The number of carbonyl (C=O) groups excluding carboxylic acids is 2. The number of carbonyl (C=O) groups is 2. The van der Waals surface area contributed by atoms with Gasteiger partial charge in [0.15, 0.2) is 0 Å². The summed E-state index contributed by atoms with van der Waals surface area (Å²) in [7, 11) is 0. The molecule has 6 aliphatic carbocycles. The van der Waals surface area contributed by atoms with Gasteiger partial charge in [0.25, 0.3) is 0 Å². The molecule has 0 N–H and O–H groups in total. The zero-order chi connectivity index (χ0) is 37.8. The number of hydrogen-bond donors (Lipinski definition) is 0. The number of piperidine rings is 2. The van der Waals surface area contributed by atoms with E-state index in [2.05, 4.69) is 19.6 Å². The molecule has 0 aromatic heterocycles. The fraction of sp³-hybridized carbons (Fsp3) is 0.957. The Morgan fingerprint density at radius 3 is 1.09 bits per heavy atom. The van der Waals surface area contributed by atoms with Crippen LogP contribution in [0.25, 0.3) is 0 Å². The molecule has 10 nitrogen and oxygen atoms in total. The maximum Gasteiger partial charge on any atom is 0.249 e. The van der Waals surface area contributed by atoms with Crippen LogP contribution < -0.4 is 0 Å². The van der Waals surface area contributed by atoms with E-state index in [-0.39, 0.29) is 11.8 Å². The van der Waals surface area contributed by atoms with Crippen molar-refractivity contribution < 1.29 is 28.5 Å². The molecule has 0 spiro atoms. The van der Waals surface area contributed by atoms with E-state index in [1.165, 1.54) is 116 Å². The average molecular weight is 781 g/mol. The number of ether oxygens (including phenoxy) is 4. The first kappa shape index (κ1) is 40.1. The van der Waals surface area contributed by atoms with Crippen LogP contribution in [0.1, 0.15) is 141 Å². The predicted octanol–water partition coefficient (Wildman–Crippen LogP) is 6.43. The van der Waals surface area contributed by atoms with Crippen molar-refractivity contribution in [3.63, 3.8) is 0 Å². The van der Waals surface area contributed by atoms with Crippen LogP contribution in [0.2, 0.25) is 0 Å². The second kappa shape index (κ2) is 19.0. The van der Waals surface area contributed by atoms with Crippen molar-refractivity contribution >= 4 is 11.8 Å². The lowest BCUT2D eigenvalue weighted by atomic mass is 9.84. The monoisotopic (exact) mass is 781 g/mol. The molecule has 0 aromatic rings. The molecule has 4 heterocycles. The van der Waals surface area contributed by atoms with E-state index in [1.54, 1.807) is 0 Å². The minimum absolute atomic E-state index is 0.244. The SMILES string of the molecule is O=C1COC2CCCC2N1C1CCN(C2CCC(COCC3CC3)CC2)CC1.O=C1COC2CCCC2N1C1CCN(C2CCC(COCC3CC3)CC2)CC1. The highest BCUT2D eigenvalue weighted by Gasteiger charge is 2.45. The van der Waals surface area contributed by atoms with Crippen molar-refractivity contribution in [3.05, 3.63) is 0 Å². The minimum Gasteiger partial charge on any atom is -0.381 e. The smallest absolute Gasteiger partial charge is 0.249 e. The summed E-state index contributed by atoms with van der Waals surface area (Å²) in [5.74, 6) is 3.84. The fourth-order valence-corrected chi connectivity index (χ4v) is 12.4. The van der Waals surface area contributed by atoms with Crippen LogP contribution in [-0.2, 0) is 28.5 Å². The van der Waals surface area contributed by atoms with Gasteiger partial charge in [0, 0.05) is 76.8 Å². The van der Waals surface area contributed by atoms with Crippen molar-refractivity contribution in [2.45, 2.75) is 190 Å². The van der Waals surface area contributed by atoms with Gasteiger partial charge in [-0.1, -0.05) is 0 Å². The topological polar surface area (TPSA) is 84.0 Å². The fourth-order valence-electron chi connectivity index (χ4n) is 12.4. The van der Waals surface area contributed by atoms with Gasteiger partial charge in [0.2, 0.25) is 11.8 Å². The van der Waals surface area contributed by atoms with Crippen molar-refractivity contribution in [1.29, 1.82) is 0 Å². The summed E-state index contributed by atoms with van der Waals surface area (Å²) in [5.41, 5.74) is 0. The van der Waals surface area contributed by atoms with E-state index in [9.17, 15) is 9.59 Å². The van der Waals surface area contributed by atoms with Gasteiger partial charge in [-0.25, -0.2) is 0 Å². The van der Waals surface area contributed by atoms with Gasteiger partial charge in [-0.05, 0) is 165 Å². The number of amides is 2. The molecule has 10 rings (SSSR count). The van der Waals surface area contributed by atoms with Crippen molar-refractivity contribution in [1.82, 2.24) is 19.6 Å².